The first kappa shape index (κ1) is 13.1. The molecule has 2 fully saturated rings. The Morgan fingerprint density at radius 3 is 2.84 bits per heavy atom. The van der Waals surface area contributed by atoms with Crippen LogP contribution in [0.2, 0.25) is 0 Å². The van der Waals surface area contributed by atoms with Gasteiger partial charge in [-0.25, -0.2) is 0 Å². The van der Waals surface area contributed by atoms with E-state index in [-0.39, 0.29) is 0 Å². The Morgan fingerprint density at radius 2 is 1.95 bits per heavy atom. The molecule has 0 bridgehead atoms. The summed E-state index contributed by atoms with van der Waals surface area (Å²) in [6.45, 7) is 3.87. The Bertz CT molecular complexity index is 376. The molecule has 2 heterocycles. The second-order valence-corrected chi connectivity index (χ2v) is 6.04. The van der Waals surface area contributed by atoms with Crippen LogP contribution in [0.1, 0.15) is 37.7 Å². The highest BCUT2D eigenvalue weighted by molar-refractivity contribution is 5.14. The zero-order valence-electron chi connectivity index (χ0n) is 11.9. The molecule has 1 aromatic rings. The van der Waals surface area contributed by atoms with Gasteiger partial charge in [0.2, 0.25) is 0 Å². The topological polar surface area (TPSA) is 15.3 Å². The number of hydrogen-bond acceptors (Lipinski definition) is 2. The molecule has 1 aromatic carbocycles. The third kappa shape index (κ3) is 3.37. The molecule has 3 rings (SSSR count). The SMILES string of the molecule is c1ccc(CCCCNC2CCN3CCCC23)cc1. The Kier molecular flexibility index (Phi) is 4.52. The number of nitrogens with one attached hydrogen (secondary N) is 1. The van der Waals surface area contributed by atoms with E-state index in [1.807, 2.05) is 0 Å². The largest absolute Gasteiger partial charge is 0.312 e. The van der Waals surface area contributed by atoms with Gasteiger partial charge in [0.1, 0.15) is 0 Å². The minimum Gasteiger partial charge on any atom is -0.312 e. The number of nitrogens with zero attached hydrogens (tertiary/aromatic N) is 1. The molecule has 2 nitrogen and oxygen atoms in total. The maximum atomic E-state index is 3.80. The standard InChI is InChI=1S/C17H26N2/c1-2-7-15(8-3-1)9-4-5-12-18-16-11-14-19-13-6-10-17(16)19/h1-3,7-8,16-18H,4-6,9-14H2. The third-order valence-corrected chi connectivity index (χ3v) is 4.75. The molecule has 0 amide bonds. The summed E-state index contributed by atoms with van der Waals surface area (Å²) in [6.07, 6.45) is 8.03. The van der Waals surface area contributed by atoms with Crippen molar-refractivity contribution in [1.82, 2.24) is 10.2 Å². The van der Waals surface area contributed by atoms with E-state index < -0.39 is 0 Å². The van der Waals surface area contributed by atoms with Gasteiger partial charge in [-0.3, -0.25) is 4.90 Å². The van der Waals surface area contributed by atoms with Crippen molar-refractivity contribution in [2.45, 2.75) is 50.6 Å². The van der Waals surface area contributed by atoms with Crippen LogP contribution in [-0.4, -0.2) is 36.6 Å². The predicted molar refractivity (Wildman–Crippen MR) is 80.4 cm³/mol. The van der Waals surface area contributed by atoms with Gasteiger partial charge in [-0.1, -0.05) is 30.3 Å². The molecule has 0 spiro atoms. The van der Waals surface area contributed by atoms with E-state index in [9.17, 15) is 0 Å². The van der Waals surface area contributed by atoms with Gasteiger partial charge >= 0.3 is 0 Å². The van der Waals surface area contributed by atoms with Crippen LogP contribution in [-0.2, 0) is 6.42 Å². The van der Waals surface area contributed by atoms with Crippen LogP contribution in [0.5, 0.6) is 0 Å². The summed E-state index contributed by atoms with van der Waals surface area (Å²) in [5.41, 5.74) is 1.48. The smallest absolute Gasteiger partial charge is 0.0250 e. The highest BCUT2D eigenvalue weighted by Crippen LogP contribution is 2.27. The molecule has 2 atom stereocenters. The van der Waals surface area contributed by atoms with Gasteiger partial charge in [-0.15, -0.1) is 0 Å². The molecule has 0 aromatic heterocycles. The quantitative estimate of drug-likeness (QED) is 0.789. The van der Waals surface area contributed by atoms with Gasteiger partial charge in [0.15, 0.2) is 0 Å². The normalized spacial score (nSPS) is 26.7. The molecule has 104 valence electrons. The fourth-order valence-corrected chi connectivity index (χ4v) is 3.71. The van der Waals surface area contributed by atoms with Crippen LogP contribution in [0.25, 0.3) is 0 Å². The van der Waals surface area contributed by atoms with Gasteiger partial charge in [0.25, 0.3) is 0 Å². The lowest BCUT2D eigenvalue weighted by molar-refractivity contribution is 0.298. The average Bonchev–Trinajstić information content (AvgIpc) is 3.04. The molecule has 1 N–H and O–H groups in total. The summed E-state index contributed by atoms with van der Waals surface area (Å²) in [5, 5.41) is 3.80. The maximum Gasteiger partial charge on any atom is 0.0250 e. The molecule has 19 heavy (non-hydrogen) atoms. The minimum atomic E-state index is 0.777. The molecular weight excluding hydrogens is 232 g/mol. The highest BCUT2D eigenvalue weighted by Gasteiger charge is 2.36. The molecule has 2 aliphatic rings. The van der Waals surface area contributed by atoms with Crippen molar-refractivity contribution in [3.63, 3.8) is 0 Å². The molecule has 2 aliphatic heterocycles. The molecular formula is C17H26N2. The molecule has 2 saturated heterocycles. The molecule has 2 unspecified atom stereocenters. The van der Waals surface area contributed by atoms with Crippen molar-refractivity contribution in [2.75, 3.05) is 19.6 Å². The lowest BCUT2D eigenvalue weighted by atomic mass is 10.1. The molecule has 2 heteroatoms. The summed E-state index contributed by atoms with van der Waals surface area (Å²) >= 11 is 0. The van der Waals surface area contributed by atoms with Gasteiger partial charge in [0.05, 0.1) is 0 Å². The zero-order chi connectivity index (χ0) is 12.9. The van der Waals surface area contributed by atoms with Gasteiger partial charge in [-0.2, -0.15) is 0 Å². The summed E-state index contributed by atoms with van der Waals surface area (Å²) < 4.78 is 0. The zero-order valence-corrected chi connectivity index (χ0v) is 11.9. The van der Waals surface area contributed by atoms with Gasteiger partial charge in [-0.05, 0) is 57.2 Å². The van der Waals surface area contributed by atoms with Crippen LogP contribution in [0, 0.1) is 0 Å². The third-order valence-electron chi connectivity index (χ3n) is 4.75. The van der Waals surface area contributed by atoms with Crippen LogP contribution < -0.4 is 5.32 Å². The van der Waals surface area contributed by atoms with Gasteiger partial charge in [0, 0.05) is 18.6 Å². The van der Waals surface area contributed by atoms with Crippen LogP contribution in [0.3, 0.4) is 0 Å². The lowest BCUT2D eigenvalue weighted by Gasteiger charge is -2.21. The first-order chi connectivity index (χ1) is 9.43. The monoisotopic (exact) mass is 258 g/mol. The van der Waals surface area contributed by atoms with Gasteiger partial charge < -0.3 is 5.32 Å². The lowest BCUT2D eigenvalue weighted by Crippen LogP contribution is -2.39. The fourth-order valence-electron chi connectivity index (χ4n) is 3.71. The summed E-state index contributed by atoms with van der Waals surface area (Å²) in [7, 11) is 0. The van der Waals surface area contributed by atoms with Crippen molar-refractivity contribution in [3.05, 3.63) is 35.9 Å². The van der Waals surface area contributed by atoms with Crippen molar-refractivity contribution in [1.29, 1.82) is 0 Å². The van der Waals surface area contributed by atoms with Crippen molar-refractivity contribution >= 4 is 0 Å². The maximum absolute atomic E-state index is 3.80. The van der Waals surface area contributed by atoms with E-state index >= 15 is 0 Å². The molecule has 0 saturated carbocycles. The average molecular weight is 258 g/mol. The van der Waals surface area contributed by atoms with Crippen molar-refractivity contribution < 1.29 is 0 Å². The minimum absolute atomic E-state index is 0.777. The molecule has 0 aliphatic carbocycles. The number of aryl methyl sites for hydroxylation is 1. The Hall–Kier alpha value is -0.860. The number of benzene rings is 1. The van der Waals surface area contributed by atoms with E-state index in [0.29, 0.717) is 0 Å². The van der Waals surface area contributed by atoms with Crippen LogP contribution >= 0.6 is 0 Å². The van der Waals surface area contributed by atoms with Crippen LogP contribution in [0.4, 0.5) is 0 Å². The first-order valence-corrected chi connectivity index (χ1v) is 7.95. The van der Waals surface area contributed by atoms with E-state index in [1.54, 1.807) is 0 Å². The summed E-state index contributed by atoms with van der Waals surface area (Å²) in [5.74, 6) is 0. The Morgan fingerprint density at radius 1 is 1.05 bits per heavy atom. The number of hydrogen-bond donors (Lipinski definition) is 1. The fraction of sp³-hybridized carbons (Fsp3) is 0.647. The van der Waals surface area contributed by atoms with Crippen LogP contribution in [0.15, 0.2) is 30.3 Å². The van der Waals surface area contributed by atoms with Crippen molar-refractivity contribution in [2.24, 2.45) is 0 Å². The van der Waals surface area contributed by atoms with E-state index in [1.165, 1.54) is 63.7 Å². The highest BCUT2D eigenvalue weighted by atomic mass is 15.2. The Balaban J connectivity index is 1.31. The predicted octanol–water partition coefficient (Wildman–Crippen LogP) is 2.84. The second kappa shape index (κ2) is 6.53. The second-order valence-electron chi connectivity index (χ2n) is 6.04. The Labute approximate surface area is 117 Å². The van der Waals surface area contributed by atoms with Crippen molar-refractivity contribution in [3.8, 4) is 0 Å². The summed E-state index contributed by atoms with van der Waals surface area (Å²) in [4.78, 5) is 2.68. The van der Waals surface area contributed by atoms with E-state index in [4.69, 9.17) is 0 Å². The van der Waals surface area contributed by atoms with E-state index in [2.05, 4.69) is 40.5 Å². The number of rotatable bonds is 6. The number of fused-ring (bicyclic) bond motifs is 1. The number of unbranched alkanes of at least 4 members (excludes halogenated alkanes) is 1. The molecule has 0 radical (unpaired) electrons. The summed E-state index contributed by atoms with van der Waals surface area (Å²) in [6, 6.07) is 12.5. The van der Waals surface area contributed by atoms with E-state index in [0.717, 1.165) is 12.1 Å². The first-order valence-electron chi connectivity index (χ1n) is 7.95.